The third-order valence-corrected chi connectivity index (χ3v) is 5.48. The van der Waals surface area contributed by atoms with Crippen LogP contribution in [0.1, 0.15) is 0 Å². The summed E-state index contributed by atoms with van der Waals surface area (Å²) in [4.78, 5) is 41.1. The molecule has 0 saturated carbocycles. The summed E-state index contributed by atoms with van der Waals surface area (Å²) >= 11 is 0. The number of imidazole rings is 1. The average molecular weight is 475 g/mol. The van der Waals surface area contributed by atoms with Gasteiger partial charge in [-0.1, -0.05) is 30.3 Å². The van der Waals surface area contributed by atoms with E-state index in [4.69, 9.17) is 4.74 Å². The number of aromatic nitrogens is 8. The monoisotopic (exact) mass is 475 g/mol. The molecule has 0 unspecified atom stereocenters. The number of benzene rings is 1. The van der Waals surface area contributed by atoms with Crippen molar-refractivity contribution < 1.29 is 9.53 Å². The summed E-state index contributed by atoms with van der Waals surface area (Å²) in [5, 5.41) is 15.5. The van der Waals surface area contributed by atoms with Crippen LogP contribution in [0.3, 0.4) is 0 Å². The second-order valence-electron chi connectivity index (χ2n) is 7.78. The zero-order valence-corrected chi connectivity index (χ0v) is 19.0. The van der Waals surface area contributed by atoms with Crippen LogP contribution in [-0.4, -0.2) is 57.6 Å². The molecule has 0 fully saturated rings. The molecule has 0 aliphatic rings. The first-order valence-corrected chi connectivity index (χ1v) is 10.7. The zero-order chi connectivity index (χ0) is 24.5. The highest BCUT2D eigenvalue weighted by Gasteiger charge is 2.16. The number of hydrogen-bond donors (Lipinski definition) is 1. The molecule has 178 valence electrons. The van der Waals surface area contributed by atoms with Gasteiger partial charge in [0.25, 0.3) is 5.56 Å². The van der Waals surface area contributed by atoms with Gasteiger partial charge in [0, 0.05) is 25.7 Å². The first kappa shape index (κ1) is 22.0. The Hall–Kier alpha value is -4.81. The van der Waals surface area contributed by atoms with E-state index >= 15 is 0 Å². The largest absolute Gasteiger partial charge is 0.475 e. The Balaban J connectivity index is 1.22. The van der Waals surface area contributed by atoms with Crippen LogP contribution in [0.2, 0.25) is 0 Å². The summed E-state index contributed by atoms with van der Waals surface area (Å²) in [6, 6.07) is 13.0. The van der Waals surface area contributed by atoms with Crippen LogP contribution >= 0.6 is 0 Å². The van der Waals surface area contributed by atoms with Crippen molar-refractivity contribution >= 4 is 22.7 Å². The van der Waals surface area contributed by atoms with Gasteiger partial charge in [-0.2, -0.15) is 4.52 Å². The lowest BCUT2D eigenvalue weighted by Crippen LogP contribution is -2.38. The van der Waals surface area contributed by atoms with Crippen molar-refractivity contribution in [3.05, 3.63) is 69.6 Å². The van der Waals surface area contributed by atoms with Gasteiger partial charge in [-0.25, -0.2) is 9.78 Å². The number of nitrogens with one attached hydrogen (secondary N) is 1. The molecule has 0 bridgehead atoms. The summed E-state index contributed by atoms with van der Waals surface area (Å²) in [6.07, 6.45) is 1.37. The van der Waals surface area contributed by atoms with Gasteiger partial charge in [-0.15, -0.1) is 15.3 Å². The minimum atomic E-state index is -0.512. The number of hydrogen-bond acceptors (Lipinski definition) is 8. The van der Waals surface area contributed by atoms with E-state index in [1.54, 1.807) is 16.6 Å². The number of amides is 1. The number of rotatable bonds is 7. The van der Waals surface area contributed by atoms with E-state index in [0.29, 0.717) is 17.4 Å². The van der Waals surface area contributed by atoms with E-state index in [2.05, 4.69) is 25.6 Å². The van der Waals surface area contributed by atoms with Crippen molar-refractivity contribution in [3.63, 3.8) is 0 Å². The fraction of sp³-hybridized carbons (Fsp3) is 0.227. The molecule has 13 nitrogen and oxygen atoms in total. The lowest BCUT2D eigenvalue weighted by molar-refractivity contribution is -0.121. The molecule has 13 heteroatoms. The second kappa shape index (κ2) is 8.85. The van der Waals surface area contributed by atoms with Crippen molar-refractivity contribution in [1.29, 1.82) is 0 Å². The fourth-order valence-corrected chi connectivity index (χ4v) is 3.69. The fourth-order valence-electron chi connectivity index (χ4n) is 3.69. The van der Waals surface area contributed by atoms with Crippen LogP contribution in [0, 0.1) is 0 Å². The van der Waals surface area contributed by atoms with Gasteiger partial charge in [-0.3, -0.25) is 18.7 Å². The van der Waals surface area contributed by atoms with Crippen molar-refractivity contribution in [1.82, 2.24) is 43.8 Å². The molecule has 1 N–H and O–H groups in total. The Morgan fingerprint density at radius 2 is 1.83 bits per heavy atom. The van der Waals surface area contributed by atoms with Crippen molar-refractivity contribution in [2.75, 3.05) is 13.2 Å². The normalized spacial score (nSPS) is 11.3. The predicted octanol–water partition coefficient (Wildman–Crippen LogP) is -0.266. The van der Waals surface area contributed by atoms with Crippen LogP contribution in [0.15, 0.2) is 58.4 Å². The summed E-state index contributed by atoms with van der Waals surface area (Å²) in [6.45, 7) is 0.263. The van der Waals surface area contributed by atoms with E-state index in [1.807, 2.05) is 30.3 Å². The number of nitrogens with zero attached hydrogens (tertiary/aromatic N) is 8. The predicted molar refractivity (Wildman–Crippen MR) is 125 cm³/mol. The minimum absolute atomic E-state index is 0.130. The zero-order valence-electron chi connectivity index (χ0n) is 19.0. The van der Waals surface area contributed by atoms with Crippen LogP contribution in [-0.2, 0) is 25.4 Å². The van der Waals surface area contributed by atoms with Gasteiger partial charge in [0.2, 0.25) is 11.8 Å². The van der Waals surface area contributed by atoms with E-state index < -0.39 is 11.2 Å². The molecule has 0 spiro atoms. The topological polar surface area (TPSA) is 143 Å². The van der Waals surface area contributed by atoms with Gasteiger partial charge in [-0.05, 0) is 6.07 Å². The van der Waals surface area contributed by atoms with Gasteiger partial charge >= 0.3 is 5.69 Å². The summed E-state index contributed by atoms with van der Waals surface area (Å²) in [7, 11) is 2.90. The molecule has 0 aliphatic heterocycles. The summed E-state index contributed by atoms with van der Waals surface area (Å²) in [5.41, 5.74) is 0.867. The maximum atomic E-state index is 12.5. The van der Waals surface area contributed by atoms with Crippen LogP contribution in [0.5, 0.6) is 5.88 Å². The van der Waals surface area contributed by atoms with Gasteiger partial charge in [0.15, 0.2) is 22.6 Å². The molecule has 5 aromatic rings. The molecule has 35 heavy (non-hydrogen) atoms. The molecule has 1 aromatic carbocycles. The summed E-state index contributed by atoms with van der Waals surface area (Å²) < 4.78 is 10.9. The molecule has 0 radical (unpaired) electrons. The average Bonchev–Trinajstić information content (AvgIpc) is 3.49. The third-order valence-electron chi connectivity index (χ3n) is 5.48. The first-order chi connectivity index (χ1) is 16.9. The Morgan fingerprint density at radius 1 is 1.03 bits per heavy atom. The molecule has 0 saturated heterocycles. The molecule has 4 heterocycles. The van der Waals surface area contributed by atoms with Crippen LogP contribution in [0.4, 0.5) is 0 Å². The lowest BCUT2D eigenvalue weighted by Gasteiger charge is -2.09. The maximum Gasteiger partial charge on any atom is 0.332 e. The first-order valence-electron chi connectivity index (χ1n) is 10.7. The highest BCUT2D eigenvalue weighted by Crippen LogP contribution is 2.18. The van der Waals surface area contributed by atoms with Gasteiger partial charge < -0.3 is 14.6 Å². The molecular formula is C22H21N9O4. The standard InChI is InChI=1S/C22H21N9O4/c1-28-20-18(21(33)29(2)22(28)34)30(13-24-20)12-16(32)23-10-11-35-17-9-8-15-25-26-19(31(15)27-17)14-6-4-3-5-7-14/h3-9,13H,10-12H2,1-2H3,(H,23,32). The Labute approximate surface area is 197 Å². The Bertz CT molecular complexity index is 1660. The number of aryl methyl sites for hydroxylation is 1. The van der Waals surface area contributed by atoms with E-state index in [9.17, 15) is 14.4 Å². The number of carbonyl (C=O) groups excluding carboxylic acids is 1. The van der Waals surface area contributed by atoms with Crippen molar-refractivity contribution in [3.8, 4) is 17.3 Å². The molecular weight excluding hydrogens is 454 g/mol. The Kier molecular flexibility index (Phi) is 5.57. The molecule has 1 amide bonds. The SMILES string of the molecule is Cn1c(=O)c2c(ncn2CC(=O)NCCOc2ccc3nnc(-c4ccccc4)n3n2)n(C)c1=O. The van der Waals surface area contributed by atoms with Crippen LogP contribution < -0.4 is 21.3 Å². The van der Waals surface area contributed by atoms with E-state index in [0.717, 1.165) is 10.1 Å². The third kappa shape index (κ3) is 4.03. The second-order valence-corrected chi connectivity index (χ2v) is 7.78. The highest BCUT2D eigenvalue weighted by atomic mass is 16.5. The lowest BCUT2D eigenvalue weighted by atomic mass is 10.2. The molecule has 0 atom stereocenters. The Morgan fingerprint density at radius 3 is 2.63 bits per heavy atom. The number of ether oxygens (including phenoxy) is 1. The van der Waals surface area contributed by atoms with Gasteiger partial charge in [0.1, 0.15) is 13.2 Å². The van der Waals surface area contributed by atoms with Gasteiger partial charge in [0.05, 0.1) is 12.9 Å². The smallest absolute Gasteiger partial charge is 0.332 e. The van der Waals surface area contributed by atoms with E-state index in [-0.39, 0.29) is 36.8 Å². The van der Waals surface area contributed by atoms with Crippen molar-refractivity contribution in [2.45, 2.75) is 6.54 Å². The molecule has 4 aromatic heterocycles. The maximum absolute atomic E-state index is 12.5. The number of fused-ring (bicyclic) bond motifs is 2. The minimum Gasteiger partial charge on any atom is -0.475 e. The number of carbonyl (C=O) groups is 1. The molecule has 0 aliphatic carbocycles. The quantitative estimate of drug-likeness (QED) is 0.317. The van der Waals surface area contributed by atoms with Crippen LogP contribution in [0.25, 0.3) is 28.2 Å². The summed E-state index contributed by atoms with van der Waals surface area (Å²) in [5.74, 6) is 0.613. The van der Waals surface area contributed by atoms with Crippen molar-refractivity contribution in [2.24, 2.45) is 14.1 Å². The molecule has 5 rings (SSSR count). The highest BCUT2D eigenvalue weighted by molar-refractivity contribution is 5.78. The van der Waals surface area contributed by atoms with E-state index in [1.165, 1.54) is 29.6 Å².